The third kappa shape index (κ3) is 4.63. The first kappa shape index (κ1) is 20.4. The lowest BCUT2D eigenvalue weighted by Gasteiger charge is -2.31. The van der Waals surface area contributed by atoms with Crippen LogP contribution in [0.25, 0.3) is 10.9 Å². The van der Waals surface area contributed by atoms with Crippen molar-refractivity contribution in [2.75, 3.05) is 36.5 Å². The number of halogens is 1. The fourth-order valence-corrected chi connectivity index (χ4v) is 3.90. The predicted octanol–water partition coefficient (Wildman–Crippen LogP) is 3.37. The van der Waals surface area contributed by atoms with Crippen LogP contribution in [-0.2, 0) is 16.0 Å². The maximum absolute atomic E-state index is 12.5. The van der Waals surface area contributed by atoms with E-state index in [1.807, 2.05) is 36.4 Å². The minimum absolute atomic E-state index is 0.102. The Hall–Kier alpha value is -2.90. The van der Waals surface area contributed by atoms with E-state index in [-0.39, 0.29) is 11.5 Å². The summed E-state index contributed by atoms with van der Waals surface area (Å²) in [5, 5.41) is 4.15. The molecule has 1 saturated heterocycles. The molecule has 4 rings (SSSR count). The molecule has 2 N–H and O–H groups in total. The van der Waals surface area contributed by atoms with Gasteiger partial charge < -0.3 is 19.9 Å². The molecule has 0 radical (unpaired) electrons. The van der Waals surface area contributed by atoms with Crippen molar-refractivity contribution in [1.29, 1.82) is 0 Å². The fourth-order valence-electron chi connectivity index (χ4n) is 3.61. The monoisotopic (exact) mass is 426 g/mol. The van der Waals surface area contributed by atoms with Gasteiger partial charge in [-0.05, 0) is 30.7 Å². The van der Waals surface area contributed by atoms with Crippen LogP contribution in [-0.4, -0.2) is 42.2 Å². The second-order valence-electron chi connectivity index (χ2n) is 7.17. The number of fused-ring (bicyclic) bond motifs is 1. The number of amides is 1. The van der Waals surface area contributed by atoms with E-state index in [2.05, 4.69) is 20.2 Å². The highest BCUT2D eigenvalue weighted by atomic mass is 35.5. The van der Waals surface area contributed by atoms with Gasteiger partial charge in [-0.15, -0.1) is 0 Å². The molecule has 1 aromatic heterocycles. The Morgan fingerprint density at radius 3 is 2.80 bits per heavy atom. The summed E-state index contributed by atoms with van der Waals surface area (Å²) in [5.74, 6) is 0.484. The van der Waals surface area contributed by atoms with Gasteiger partial charge in [-0.25, -0.2) is 4.98 Å². The highest BCUT2D eigenvalue weighted by Gasteiger charge is 2.19. The second-order valence-corrected chi connectivity index (χ2v) is 7.57. The molecule has 0 aliphatic carbocycles. The lowest BCUT2D eigenvalue weighted by Crippen LogP contribution is -2.37. The molecule has 2 aromatic carbocycles. The smallest absolute Gasteiger partial charge is 0.258 e. The summed E-state index contributed by atoms with van der Waals surface area (Å²) in [4.78, 5) is 34.1. The Labute approximate surface area is 179 Å². The number of rotatable bonds is 6. The Morgan fingerprint density at radius 2 is 1.97 bits per heavy atom. The maximum atomic E-state index is 12.5. The van der Waals surface area contributed by atoms with Crippen LogP contribution in [0.3, 0.4) is 0 Å². The number of aromatic amines is 1. The van der Waals surface area contributed by atoms with Crippen LogP contribution in [0.2, 0.25) is 5.02 Å². The molecule has 7 nitrogen and oxygen atoms in total. The van der Waals surface area contributed by atoms with Crippen molar-refractivity contribution in [3.63, 3.8) is 0 Å². The summed E-state index contributed by atoms with van der Waals surface area (Å²) in [6.07, 6.45) is 1.39. The number of morpholine rings is 1. The third-order valence-electron chi connectivity index (χ3n) is 5.07. The number of aryl methyl sites for hydroxylation is 1. The van der Waals surface area contributed by atoms with Gasteiger partial charge >= 0.3 is 0 Å². The van der Waals surface area contributed by atoms with E-state index in [0.29, 0.717) is 59.9 Å². The van der Waals surface area contributed by atoms with Gasteiger partial charge in [0, 0.05) is 25.9 Å². The van der Waals surface area contributed by atoms with Gasteiger partial charge in [0.05, 0.1) is 40.5 Å². The molecule has 2 heterocycles. The standard InChI is InChI=1S/C22H23ClN4O3/c23-16-6-3-8-18(21(16)27-11-13-30-14-12-27)25-20(28)10-4-9-19-24-17-7-2-1-5-15(17)22(29)26-19/h1-3,5-8H,4,9-14H2,(H,25,28)(H,24,26,29). The molecule has 0 saturated carbocycles. The number of hydrogen-bond acceptors (Lipinski definition) is 5. The van der Waals surface area contributed by atoms with Crippen LogP contribution in [0, 0.1) is 0 Å². The topological polar surface area (TPSA) is 87.3 Å². The highest BCUT2D eigenvalue weighted by Crippen LogP contribution is 2.34. The molecular weight excluding hydrogens is 404 g/mol. The summed E-state index contributed by atoms with van der Waals surface area (Å²) in [6.45, 7) is 2.73. The quantitative estimate of drug-likeness (QED) is 0.631. The zero-order valence-electron chi connectivity index (χ0n) is 16.5. The lowest BCUT2D eigenvalue weighted by molar-refractivity contribution is -0.116. The molecular formula is C22H23ClN4O3. The van der Waals surface area contributed by atoms with E-state index in [9.17, 15) is 9.59 Å². The van der Waals surface area contributed by atoms with E-state index in [1.54, 1.807) is 6.07 Å². The SMILES string of the molecule is O=C(CCCc1nc2ccccc2c(=O)[nH]1)Nc1cccc(Cl)c1N1CCOCC1. The van der Waals surface area contributed by atoms with E-state index < -0.39 is 0 Å². The summed E-state index contributed by atoms with van der Waals surface area (Å²) >= 11 is 6.42. The number of nitrogens with zero attached hydrogens (tertiary/aromatic N) is 2. The zero-order chi connectivity index (χ0) is 20.9. The highest BCUT2D eigenvalue weighted by molar-refractivity contribution is 6.34. The van der Waals surface area contributed by atoms with Crippen molar-refractivity contribution in [2.24, 2.45) is 0 Å². The molecule has 1 fully saturated rings. The Bertz CT molecular complexity index is 1110. The summed E-state index contributed by atoms with van der Waals surface area (Å²) in [5.41, 5.74) is 2.03. The number of hydrogen-bond donors (Lipinski definition) is 2. The number of carbonyl (C=O) groups is 1. The molecule has 0 bridgehead atoms. The maximum Gasteiger partial charge on any atom is 0.258 e. The summed E-state index contributed by atoms with van der Waals surface area (Å²) in [6, 6.07) is 12.7. The molecule has 8 heteroatoms. The number of aromatic nitrogens is 2. The van der Waals surface area contributed by atoms with Crippen molar-refractivity contribution < 1.29 is 9.53 Å². The number of nitrogens with one attached hydrogen (secondary N) is 2. The van der Waals surface area contributed by atoms with E-state index in [4.69, 9.17) is 16.3 Å². The fraction of sp³-hybridized carbons (Fsp3) is 0.318. The molecule has 30 heavy (non-hydrogen) atoms. The van der Waals surface area contributed by atoms with Crippen LogP contribution in [0.5, 0.6) is 0 Å². The first-order valence-corrected chi connectivity index (χ1v) is 10.4. The third-order valence-corrected chi connectivity index (χ3v) is 5.37. The number of anilines is 2. The molecule has 1 aliphatic heterocycles. The minimum Gasteiger partial charge on any atom is -0.378 e. The first-order valence-electron chi connectivity index (χ1n) is 10.0. The lowest BCUT2D eigenvalue weighted by atomic mass is 10.2. The number of para-hydroxylation sites is 2. The Kier molecular flexibility index (Phi) is 6.30. The van der Waals surface area contributed by atoms with Crippen LogP contribution < -0.4 is 15.8 Å². The summed E-state index contributed by atoms with van der Waals surface area (Å²) in [7, 11) is 0. The molecule has 0 spiro atoms. The number of carbonyl (C=O) groups excluding carboxylic acids is 1. The van der Waals surface area contributed by atoms with Crippen molar-refractivity contribution in [1.82, 2.24) is 9.97 Å². The second kappa shape index (κ2) is 9.28. The average molecular weight is 427 g/mol. The predicted molar refractivity (Wildman–Crippen MR) is 118 cm³/mol. The van der Waals surface area contributed by atoms with Gasteiger partial charge in [-0.2, -0.15) is 0 Å². The minimum atomic E-state index is -0.158. The molecule has 1 aliphatic rings. The van der Waals surface area contributed by atoms with Crippen LogP contribution in [0.15, 0.2) is 47.3 Å². The van der Waals surface area contributed by atoms with Crippen molar-refractivity contribution in [2.45, 2.75) is 19.3 Å². The van der Waals surface area contributed by atoms with E-state index in [1.165, 1.54) is 0 Å². The molecule has 3 aromatic rings. The normalized spacial score (nSPS) is 14.1. The summed E-state index contributed by atoms with van der Waals surface area (Å²) < 4.78 is 5.41. The molecule has 1 amide bonds. The number of benzene rings is 2. The van der Waals surface area contributed by atoms with Crippen LogP contribution in [0.1, 0.15) is 18.7 Å². The van der Waals surface area contributed by atoms with Crippen LogP contribution >= 0.6 is 11.6 Å². The zero-order valence-corrected chi connectivity index (χ0v) is 17.2. The van der Waals surface area contributed by atoms with Gasteiger partial charge in [0.25, 0.3) is 5.56 Å². The van der Waals surface area contributed by atoms with Gasteiger partial charge in [0.1, 0.15) is 5.82 Å². The van der Waals surface area contributed by atoms with Gasteiger partial charge in [-0.3, -0.25) is 9.59 Å². The number of ether oxygens (including phenoxy) is 1. The van der Waals surface area contributed by atoms with Gasteiger partial charge in [-0.1, -0.05) is 29.8 Å². The average Bonchev–Trinajstić information content (AvgIpc) is 2.74. The van der Waals surface area contributed by atoms with Gasteiger partial charge in [0.2, 0.25) is 5.91 Å². The van der Waals surface area contributed by atoms with Gasteiger partial charge in [0.15, 0.2) is 0 Å². The molecule has 156 valence electrons. The van der Waals surface area contributed by atoms with Crippen molar-refractivity contribution in [3.05, 3.63) is 63.7 Å². The number of H-pyrrole nitrogens is 1. The Balaban J connectivity index is 1.39. The van der Waals surface area contributed by atoms with Crippen molar-refractivity contribution in [3.8, 4) is 0 Å². The van der Waals surface area contributed by atoms with E-state index in [0.717, 1.165) is 18.8 Å². The molecule has 0 atom stereocenters. The first-order chi connectivity index (χ1) is 14.6. The molecule has 0 unspecified atom stereocenters. The Morgan fingerprint density at radius 1 is 1.17 bits per heavy atom. The van der Waals surface area contributed by atoms with E-state index >= 15 is 0 Å². The largest absolute Gasteiger partial charge is 0.378 e. The van der Waals surface area contributed by atoms with Crippen LogP contribution in [0.4, 0.5) is 11.4 Å². The van der Waals surface area contributed by atoms with Crippen molar-refractivity contribution >= 4 is 39.8 Å².